The number of benzene rings is 1. The van der Waals surface area contributed by atoms with Gasteiger partial charge in [-0.15, -0.1) is 11.3 Å². The Morgan fingerprint density at radius 3 is 2.61 bits per heavy atom. The van der Waals surface area contributed by atoms with E-state index < -0.39 is 0 Å². The molecule has 0 saturated carbocycles. The van der Waals surface area contributed by atoms with Crippen molar-refractivity contribution < 1.29 is 9.90 Å². The monoisotopic (exact) mass is 352 g/mol. The van der Waals surface area contributed by atoms with E-state index in [1.807, 2.05) is 32.9 Å². The van der Waals surface area contributed by atoms with Gasteiger partial charge in [-0.1, -0.05) is 44.0 Å². The molecule has 0 bridgehead atoms. The number of carbonyl (C=O) groups is 1. The number of rotatable bonds is 6. The highest BCUT2D eigenvalue weighted by molar-refractivity contribution is 7.17. The standard InChI is InChI=1S/C17H21ClN2O2S/c1-4-10(2)14(9-21)20-16(22)15-11(3)19-17(23-15)12-5-7-13(18)8-6-12/h5-8,10,14,21H,4,9H2,1-3H3,(H,20,22)/t10-,14+/m0/s1. The molecule has 2 atom stereocenters. The number of aromatic nitrogens is 1. The second-order valence-electron chi connectivity index (χ2n) is 5.59. The molecule has 1 amide bonds. The number of nitrogens with one attached hydrogen (secondary N) is 1. The van der Waals surface area contributed by atoms with Crippen molar-refractivity contribution in [3.05, 3.63) is 39.9 Å². The molecule has 0 radical (unpaired) electrons. The quantitative estimate of drug-likeness (QED) is 0.828. The minimum Gasteiger partial charge on any atom is -0.394 e. The van der Waals surface area contributed by atoms with Crippen LogP contribution in [0.2, 0.25) is 5.02 Å². The Bertz CT molecular complexity index is 670. The smallest absolute Gasteiger partial charge is 0.263 e. The Balaban J connectivity index is 2.20. The zero-order valence-electron chi connectivity index (χ0n) is 13.5. The number of aryl methyl sites for hydroxylation is 1. The summed E-state index contributed by atoms with van der Waals surface area (Å²) in [6.07, 6.45) is 0.892. The van der Waals surface area contributed by atoms with Crippen molar-refractivity contribution in [3.63, 3.8) is 0 Å². The Morgan fingerprint density at radius 2 is 2.04 bits per heavy atom. The first-order chi connectivity index (χ1) is 11.0. The molecule has 4 nitrogen and oxygen atoms in total. The lowest BCUT2D eigenvalue weighted by Crippen LogP contribution is -2.41. The van der Waals surface area contributed by atoms with Crippen LogP contribution in [-0.2, 0) is 0 Å². The summed E-state index contributed by atoms with van der Waals surface area (Å²) >= 11 is 7.25. The maximum absolute atomic E-state index is 12.5. The largest absolute Gasteiger partial charge is 0.394 e. The minimum absolute atomic E-state index is 0.0668. The average molecular weight is 353 g/mol. The van der Waals surface area contributed by atoms with Crippen molar-refractivity contribution >= 4 is 28.8 Å². The highest BCUT2D eigenvalue weighted by atomic mass is 35.5. The molecule has 0 aliphatic carbocycles. The van der Waals surface area contributed by atoms with Crippen molar-refractivity contribution in [2.45, 2.75) is 33.2 Å². The summed E-state index contributed by atoms with van der Waals surface area (Å²) in [4.78, 5) is 17.5. The van der Waals surface area contributed by atoms with Crippen LogP contribution in [0.15, 0.2) is 24.3 Å². The number of nitrogens with zero attached hydrogens (tertiary/aromatic N) is 1. The van der Waals surface area contributed by atoms with E-state index in [-0.39, 0.29) is 24.5 Å². The second kappa shape index (κ2) is 7.90. The van der Waals surface area contributed by atoms with Gasteiger partial charge >= 0.3 is 0 Å². The summed E-state index contributed by atoms with van der Waals surface area (Å²) in [5, 5.41) is 13.8. The lowest BCUT2D eigenvalue weighted by Gasteiger charge is -2.21. The normalized spacial score (nSPS) is 13.6. The van der Waals surface area contributed by atoms with E-state index in [2.05, 4.69) is 10.3 Å². The summed E-state index contributed by atoms with van der Waals surface area (Å²) in [6, 6.07) is 7.14. The summed E-state index contributed by atoms with van der Waals surface area (Å²) in [5.41, 5.74) is 1.63. The predicted molar refractivity (Wildman–Crippen MR) is 95.1 cm³/mol. The van der Waals surface area contributed by atoms with E-state index in [1.54, 1.807) is 12.1 Å². The maximum atomic E-state index is 12.5. The van der Waals surface area contributed by atoms with Crippen LogP contribution >= 0.6 is 22.9 Å². The van der Waals surface area contributed by atoms with Gasteiger partial charge in [-0.3, -0.25) is 4.79 Å². The van der Waals surface area contributed by atoms with E-state index in [0.717, 1.165) is 17.0 Å². The van der Waals surface area contributed by atoms with E-state index in [9.17, 15) is 9.90 Å². The number of aliphatic hydroxyl groups excluding tert-OH is 1. The third-order valence-corrected chi connectivity index (χ3v) is 5.40. The van der Waals surface area contributed by atoms with Gasteiger partial charge in [-0.25, -0.2) is 4.98 Å². The van der Waals surface area contributed by atoms with Crippen molar-refractivity contribution in [1.82, 2.24) is 10.3 Å². The van der Waals surface area contributed by atoms with Crippen molar-refractivity contribution in [2.75, 3.05) is 6.61 Å². The highest BCUT2D eigenvalue weighted by Gasteiger charge is 2.22. The molecule has 0 spiro atoms. The van der Waals surface area contributed by atoms with Crippen LogP contribution < -0.4 is 5.32 Å². The number of hydrogen-bond donors (Lipinski definition) is 2. The van der Waals surface area contributed by atoms with Crippen LogP contribution in [0.25, 0.3) is 10.6 Å². The zero-order chi connectivity index (χ0) is 17.0. The summed E-state index contributed by atoms with van der Waals surface area (Å²) < 4.78 is 0. The number of amides is 1. The highest BCUT2D eigenvalue weighted by Crippen LogP contribution is 2.29. The Hall–Kier alpha value is -1.43. The van der Waals surface area contributed by atoms with E-state index in [1.165, 1.54) is 11.3 Å². The van der Waals surface area contributed by atoms with Gasteiger partial charge in [0.1, 0.15) is 9.88 Å². The minimum atomic E-state index is -0.243. The van der Waals surface area contributed by atoms with Gasteiger partial charge in [0, 0.05) is 10.6 Å². The first-order valence-corrected chi connectivity index (χ1v) is 8.80. The number of hydrogen-bond acceptors (Lipinski definition) is 4. The van der Waals surface area contributed by atoms with Gasteiger partial charge in [-0.05, 0) is 25.0 Å². The van der Waals surface area contributed by atoms with Gasteiger partial charge in [0.05, 0.1) is 18.3 Å². The van der Waals surface area contributed by atoms with Gasteiger partial charge < -0.3 is 10.4 Å². The molecule has 2 N–H and O–H groups in total. The molecule has 2 aromatic rings. The average Bonchev–Trinajstić information content (AvgIpc) is 2.94. The summed E-state index contributed by atoms with van der Waals surface area (Å²) in [7, 11) is 0. The van der Waals surface area contributed by atoms with Crippen LogP contribution in [0, 0.1) is 12.8 Å². The van der Waals surface area contributed by atoms with Gasteiger partial charge in [0.25, 0.3) is 5.91 Å². The van der Waals surface area contributed by atoms with Crippen LogP contribution in [0.3, 0.4) is 0 Å². The number of aliphatic hydroxyl groups is 1. The van der Waals surface area contributed by atoms with Crippen molar-refractivity contribution in [2.24, 2.45) is 5.92 Å². The second-order valence-corrected chi connectivity index (χ2v) is 7.02. The number of carbonyl (C=O) groups excluding carboxylic acids is 1. The fourth-order valence-electron chi connectivity index (χ4n) is 2.21. The van der Waals surface area contributed by atoms with Crippen LogP contribution in [-0.4, -0.2) is 28.6 Å². The van der Waals surface area contributed by atoms with Gasteiger partial charge in [0.15, 0.2) is 0 Å². The fourth-order valence-corrected chi connectivity index (χ4v) is 3.31. The topological polar surface area (TPSA) is 62.2 Å². The molecule has 1 heterocycles. The fraction of sp³-hybridized carbons (Fsp3) is 0.412. The molecule has 6 heteroatoms. The van der Waals surface area contributed by atoms with Crippen LogP contribution in [0.1, 0.15) is 35.6 Å². The first-order valence-electron chi connectivity index (χ1n) is 7.61. The lowest BCUT2D eigenvalue weighted by atomic mass is 10.00. The Morgan fingerprint density at radius 1 is 1.39 bits per heavy atom. The molecule has 124 valence electrons. The van der Waals surface area contributed by atoms with E-state index >= 15 is 0 Å². The lowest BCUT2D eigenvalue weighted by molar-refractivity contribution is 0.0895. The van der Waals surface area contributed by atoms with Gasteiger partial charge in [0.2, 0.25) is 0 Å². The third kappa shape index (κ3) is 4.31. The SMILES string of the molecule is CC[C@H](C)[C@@H](CO)NC(=O)c1sc(-c2ccc(Cl)cc2)nc1C. The summed E-state index contributed by atoms with van der Waals surface area (Å²) in [6.45, 7) is 5.81. The molecular formula is C17H21ClN2O2S. The number of thiazole rings is 1. The predicted octanol–water partition coefficient (Wildman–Crippen LogP) is 3.91. The molecule has 0 unspecified atom stereocenters. The third-order valence-electron chi connectivity index (χ3n) is 3.94. The molecule has 23 heavy (non-hydrogen) atoms. The first kappa shape index (κ1) is 17.9. The molecule has 1 aromatic carbocycles. The molecule has 1 aromatic heterocycles. The van der Waals surface area contributed by atoms with Crippen LogP contribution in [0.5, 0.6) is 0 Å². The Kier molecular flexibility index (Phi) is 6.16. The molecule has 0 aliphatic rings. The zero-order valence-corrected chi connectivity index (χ0v) is 15.0. The van der Waals surface area contributed by atoms with E-state index in [0.29, 0.717) is 15.6 Å². The molecular weight excluding hydrogens is 332 g/mol. The summed E-state index contributed by atoms with van der Waals surface area (Å²) in [5.74, 6) is 0.0347. The molecule has 0 fully saturated rings. The van der Waals surface area contributed by atoms with Gasteiger partial charge in [-0.2, -0.15) is 0 Å². The maximum Gasteiger partial charge on any atom is 0.263 e. The van der Waals surface area contributed by atoms with Crippen molar-refractivity contribution in [3.8, 4) is 10.6 Å². The molecule has 0 aliphatic heterocycles. The number of halogens is 1. The molecule has 0 saturated heterocycles. The van der Waals surface area contributed by atoms with E-state index in [4.69, 9.17) is 11.6 Å². The molecule has 2 rings (SSSR count). The van der Waals surface area contributed by atoms with Crippen molar-refractivity contribution in [1.29, 1.82) is 0 Å². The Labute approximate surface area is 145 Å². The van der Waals surface area contributed by atoms with Crippen LogP contribution in [0.4, 0.5) is 0 Å².